The van der Waals surface area contributed by atoms with Crippen LogP contribution in [-0.2, 0) is 16.7 Å². The van der Waals surface area contributed by atoms with Crippen LogP contribution in [0.15, 0.2) is 24.3 Å². The number of hydrogen-bond donors (Lipinski definition) is 2. The second kappa shape index (κ2) is 7.62. The van der Waals surface area contributed by atoms with Gasteiger partial charge in [-0.25, -0.2) is 4.79 Å². The van der Waals surface area contributed by atoms with Crippen molar-refractivity contribution in [1.29, 1.82) is 5.26 Å². The van der Waals surface area contributed by atoms with Crippen molar-refractivity contribution in [2.75, 3.05) is 11.9 Å². The van der Waals surface area contributed by atoms with Crippen molar-refractivity contribution in [3.63, 3.8) is 0 Å². The SMILES string of the molecule is CCOC(=O)c1c(NC(=O)c2ccc(C#N)cc2)sc2c1CC(C)(C)[NH2+]C2(C)C. The third-order valence-corrected chi connectivity index (χ3v) is 6.45. The van der Waals surface area contributed by atoms with Gasteiger partial charge in [-0.1, -0.05) is 0 Å². The van der Waals surface area contributed by atoms with Crippen LogP contribution in [-0.4, -0.2) is 24.0 Å². The molecule has 1 aromatic heterocycles. The number of amides is 1. The van der Waals surface area contributed by atoms with Crippen LogP contribution >= 0.6 is 11.3 Å². The largest absolute Gasteiger partial charge is 0.462 e. The maximum absolute atomic E-state index is 12.8. The number of hydrogen-bond acceptors (Lipinski definition) is 5. The maximum atomic E-state index is 12.8. The summed E-state index contributed by atoms with van der Waals surface area (Å²) in [5.74, 6) is -0.728. The van der Waals surface area contributed by atoms with E-state index in [1.807, 2.05) is 6.07 Å². The van der Waals surface area contributed by atoms with Gasteiger partial charge in [0.1, 0.15) is 10.5 Å². The van der Waals surface area contributed by atoms with E-state index in [-0.39, 0.29) is 23.6 Å². The summed E-state index contributed by atoms with van der Waals surface area (Å²) in [5, 5.41) is 14.7. The number of nitriles is 1. The number of carbonyl (C=O) groups is 2. The molecule has 3 N–H and O–H groups in total. The number of thiophene rings is 1. The number of ether oxygens (including phenoxy) is 1. The van der Waals surface area contributed by atoms with E-state index in [0.717, 1.165) is 10.4 Å². The highest BCUT2D eigenvalue weighted by Gasteiger charge is 2.45. The summed E-state index contributed by atoms with van der Waals surface area (Å²) in [6.45, 7) is 10.6. The fraction of sp³-hybridized carbons (Fsp3) is 0.409. The second-order valence-corrected chi connectivity index (χ2v) is 9.53. The van der Waals surface area contributed by atoms with Gasteiger partial charge >= 0.3 is 5.97 Å². The quantitative estimate of drug-likeness (QED) is 0.754. The fourth-order valence-electron chi connectivity index (χ4n) is 4.08. The molecular formula is C22H26N3O3S+. The molecule has 0 saturated heterocycles. The number of nitrogens with zero attached hydrogens (tertiary/aromatic N) is 1. The second-order valence-electron chi connectivity index (χ2n) is 8.51. The van der Waals surface area contributed by atoms with E-state index in [4.69, 9.17) is 10.00 Å². The van der Waals surface area contributed by atoms with E-state index in [0.29, 0.717) is 28.1 Å². The Hall–Kier alpha value is -2.69. The van der Waals surface area contributed by atoms with Gasteiger partial charge in [-0.15, -0.1) is 11.3 Å². The molecule has 2 heterocycles. The molecule has 2 aromatic rings. The van der Waals surface area contributed by atoms with Crippen molar-refractivity contribution in [1.82, 2.24) is 0 Å². The van der Waals surface area contributed by atoms with Crippen molar-refractivity contribution in [2.45, 2.75) is 52.1 Å². The first-order chi connectivity index (χ1) is 13.6. The average molecular weight is 413 g/mol. The van der Waals surface area contributed by atoms with Gasteiger partial charge in [-0.2, -0.15) is 5.26 Å². The van der Waals surface area contributed by atoms with Gasteiger partial charge in [0.15, 0.2) is 0 Å². The number of quaternary nitrogens is 1. The van der Waals surface area contributed by atoms with Crippen molar-refractivity contribution in [2.24, 2.45) is 0 Å². The first kappa shape index (κ1) is 21.0. The Morgan fingerprint density at radius 1 is 1.24 bits per heavy atom. The molecule has 1 aromatic carbocycles. The summed E-state index contributed by atoms with van der Waals surface area (Å²) in [6, 6.07) is 8.44. The van der Waals surface area contributed by atoms with E-state index >= 15 is 0 Å². The number of esters is 1. The number of nitrogens with two attached hydrogens (primary N) is 1. The van der Waals surface area contributed by atoms with Crippen LogP contribution in [0.1, 0.15) is 71.3 Å². The Balaban J connectivity index is 2.04. The fourth-order valence-corrected chi connectivity index (χ4v) is 5.36. The molecule has 0 unspecified atom stereocenters. The Bertz CT molecular complexity index is 998. The Morgan fingerprint density at radius 3 is 2.48 bits per heavy atom. The summed E-state index contributed by atoms with van der Waals surface area (Å²) in [6.07, 6.45) is 0.711. The van der Waals surface area contributed by atoms with Crippen molar-refractivity contribution >= 4 is 28.2 Å². The van der Waals surface area contributed by atoms with E-state index in [1.165, 1.54) is 11.3 Å². The molecule has 29 heavy (non-hydrogen) atoms. The van der Waals surface area contributed by atoms with Gasteiger partial charge in [-0.3, -0.25) is 4.79 Å². The lowest BCUT2D eigenvalue weighted by molar-refractivity contribution is -0.789. The minimum absolute atomic E-state index is 0.0762. The molecule has 1 aliphatic rings. The third kappa shape index (κ3) is 4.19. The molecule has 3 rings (SSSR count). The highest BCUT2D eigenvalue weighted by Crippen LogP contribution is 2.42. The van der Waals surface area contributed by atoms with Crippen LogP contribution in [0.4, 0.5) is 5.00 Å². The normalized spacial score (nSPS) is 16.4. The molecule has 0 fully saturated rings. The molecule has 0 radical (unpaired) electrons. The molecule has 0 aliphatic carbocycles. The third-order valence-electron chi connectivity index (χ3n) is 4.96. The molecule has 6 nitrogen and oxygen atoms in total. The lowest BCUT2D eigenvalue weighted by Crippen LogP contribution is -3.03. The minimum atomic E-state index is -0.409. The van der Waals surface area contributed by atoms with Crippen LogP contribution in [0.5, 0.6) is 0 Å². The van der Waals surface area contributed by atoms with E-state index in [1.54, 1.807) is 31.2 Å². The molecule has 0 atom stereocenters. The molecule has 0 saturated carbocycles. The molecule has 7 heteroatoms. The predicted octanol–water partition coefficient (Wildman–Crippen LogP) is 3.18. The number of anilines is 1. The van der Waals surface area contributed by atoms with E-state index < -0.39 is 5.97 Å². The van der Waals surface area contributed by atoms with Crippen LogP contribution in [0.2, 0.25) is 0 Å². The Labute approximate surface area is 174 Å². The van der Waals surface area contributed by atoms with Crippen molar-refractivity contribution in [3.8, 4) is 6.07 Å². The van der Waals surface area contributed by atoms with Crippen molar-refractivity contribution < 1.29 is 19.6 Å². The molecule has 0 bridgehead atoms. The lowest BCUT2D eigenvalue weighted by Gasteiger charge is -2.38. The number of carbonyl (C=O) groups excluding carboxylic acids is 2. The molecule has 1 aliphatic heterocycles. The zero-order valence-corrected chi connectivity index (χ0v) is 18.2. The standard InChI is InChI=1S/C22H25N3O3S/c1-6-28-20(27)16-15-11-21(2,3)25-22(4,5)17(15)29-19(16)24-18(26)14-9-7-13(12-23)8-10-14/h7-10,25H,6,11H2,1-5H3,(H,24,26)/p+1. The smallest absolute Gasteiger partial charge is 0.341 e. The topological polar surface area (TPSA) is 95.8 Å². The summed E-state index contributed by atoms with van der Waals surface area (Å²) in [5.41, 5.74) is 2.04. The lowest BCUT2D eigenvalue weighted by atomic mass is 9.81. The van der Waals surface area contributed by atoms with Gasteiger partial charge < -0.3 is 15.4 Å². The highest BCUT2D eigenvalue weighted by molar-refractivity contribution is 7.17. The summed E-state index contributed by atoms with van der Waals surface area (Å²) < 4.78 is 5.32. The monoisotopic (exact) mass is 412 g/mol. The Morgan fingerprint density at radius 2 is 1.90 bits per heavy atom. The van der Waals surface area contributed by atoms with Crippen LogP contribution in [0, 0.1) is 11.3 Å². The first-order valence-corrected chi connectivity index (χ1v) is 10.4. The molecular weight excluding hydrogens is 386 g/mol. The maximum Gasteiger partial charge on any atom is 0.341 e. The number of nitrogens with one attached hydrogen (secondary N) is 1. The van der Waals surface area contributed by atoms with Crippen LogP contribution < -0.4 is 10.6 Å². The van der Waals surface area contributed by atoms with Gasteiger partial charge in [0.05, 0.1) is 34.2 Å². The minimum Gasteiger partial charge on any atom is -0.462 e. The average Bonchev–Trinajstić information content (AvgIpc) is 2.99. The number of benzene rings is 1. The van der Waals surface area contributed by atoms with E-state index in [2.05, 4.69) is 38.3 Å². The molecule has 0 spiro atoms. The molecule has 152 valence electrons. The zero-order valence-electron chi connectivity index (χ0n) is 17.4. The van der Waals surface area contributed by atoms with Crippen LogP contribution in [0.25, 0.3) is 0 Å². The van der Waals surface area contributed by atoms with Gasteiger partial charge in [0.2, 0.25) is 0 Å². The van der Waals surface area contributed by atoms with Gasteiger partial charge in [-0.05, 0) is 64.4 Å². The molecule has 1 amide bonds. The highest BCUT2D eigenvalue weighted by atomic mass is 32.1. The Kier molecular flexibility index (Phi) is 5.52. The van der Waals surface area contributed by atoms with Gasteiger partial charge in [0, 0.05) is 12.0 Å². The van der Waals surface area contributed by atoms with Crippen molar-refractivity contribution in [3.05, 3.63) is 51.4 Å². The number of rotatable bonds is 4. The van der Waals surface area contributed by atoms with Crippen LogP contribution in [0.3, 0.4) is 0 Å². The zero-order chi connectivity index (χ0) is 21.4. The summed E-state index contributed by atoms with van der Waals surface area (Å²) >= 11 is 1.44. The van der Waals surface area contributed by atoms with Gasteiger partial charge in [0.25, 0.3) is 5.91 Å². The summed E-state index contributed by atoms with van der Waals surface area (Å²) in [4.78, 5) is 26.7. The first-order valence-electron chi connectivity index (χ1n) is 9.60. The van der Waals surface area contributed by atoms with E-state index in [9.17, 15) is 9.59 Å². The number of fused-ring (bicyclic) bond motifs is 1. The predicted molar refractivity (Wildman–Crippen MR) is 112 cm³/mol. The summed E-state index contributed by atoms with van der Waals surface area (Å²) in [7, 11) is 0.